The third-order valence-electron chi connectivity index (χ3n) is 4.38. The number of anilines is 3. The molecule has 4 nitrogen and oxygen atoms in total. The van der Waals surface area contributed by atoms with Gasteiger partial charge in [-0.05, 0) is 68.1 Å². The van der Waals surface area contributed by atoms with Gasteiger partial charge < -0.3 is 14.6 Å². The fraction of sp³-hybridized carbons (Fsp3) is 0.316. The molecular weight excluding hydrogens is 286 g/mol. The molecule has 1 fully saturated rings. The van der Waals surface area contributed by atoms with E-state index in [0.717, 1.165) is 29.9 Å². The summed E-state index contributed by atoms with van der Waals surface area (Å²) in [5.74, 6) is 0. The van der Waals surface area contributed by atoms with Crippen molar-refractivity contribution in [2.24, 2.45) is 0 Å². The van der Waals surface area contributed by atoms with Gasteiger partial charge in [0.1, 0.15) is 5.52 Å². The first-order chi connectivity index (χ1) is 11.3. The molecule has 0 amide bonds. The summed E-state index contributed by atoms with van der Waals surface area (Å²) in [6.45, 7) is 4.38. The number of aromatic nitrogens is 1. The lowest BCUT2D eigenvalue weighted by Crippen LogP contribution is -2.29. The largest absolute Gasteiger partial charge is 0.423 e. The van der Waals surface area contributed by atoms with Gasteiger partial charge in [0.25, 0.3) is 6.01 Å². The molecule has 3 aromatic rings. The molecule has 0 saturated carbocycles. The monoisotopic (exact) mass is 307 g/mol. The molecule has 1 N–H and O–H groups in total. The van der Waals surface area contributed by atoms with E-state index in [-0.39, 0.29) is 0 Å². The first-order valence-electron chi connectivity index (χ1n) is 8.27. The van der Waals surface area contributed by atoms with E-state index in [1.54, 1.807) is 0 Å². The zero-order chi connectivity index (χ0) is 15.6. The van der Waals surface area contributed by atoms with Gasteiger partial charge in [-0.1, -0.05) is 6.07 Å². The zero-order valence-corrected chi connectivity index (χ0v) is 13.4. The predicted molar refractivity (Wildman–Crippen MR) is 94.5 cm³/mol. The Morgan fingerprint density at radius 3 is 2.57 bits per heavy atom. The Morgan fingerprint density at radius 1 is 1.00 bits per heavy atom. The highest BCUT2D eigenvalue weighted by molar-refractivity contribution is 5.76. The van der Waals surface area contributed by atoms with E-state index in [1.807, 2.05) is 18.2 Å². The number of benzene rings is 2. The maximum Gasteiger partial charge on any atom is 0.300 e. The molecule has 1 aliphatic rings. The number of hydrogen-bond donors (Lipinski definition) is 1. The minimum Gasteiger partial charge on any atom is -0.423 e. The third-order valence-corrected chi connectivity index (χ3v) is 4.38. The Labute approximate surface area is 136 Å². The number of hydrogen-bond acceptors (Lipinski definition) is 4. The molecule has 0 atom stereocenters. The second-order valence-corrected chi connectivity index (χ2v) is 6.21. The van der Waals surface area contributed by atoms with Crippen LogP contribution in [0.15, 0.2) is 46.9 Å². The highest BCUT2D eigenvalue weighted by Crippen LogP contribution is 2.25. The first kappa shape index (κ1) is 14.1. The summed E-state index contributed by atoms with van der Waals surface area (Å²) in [5, 5.41) is 3.25. The molecule has 0 aliphatic carbocycles. The molecule has 118 valence electrons. The second-order valence-electron chi connectivity index (χ2n) is 6.21. The van der Waals surface area contributed by atoms with Crippen molar-refractivity contribution in [2.45, 2.75) is 26.2 Å². The van der Waals surface area contributed by atoms with E-state index >= 15 is 0 Å². The molecule has 4 heteroatoms. The third kappa shape index (κ3) is 3.02. The molecule has 0 radical (unpaired) electrons. The van der Waals surface area contributed by atoms with Crippen molar-refractivity contribution in [1.29, 1.82) is 0 Å². The Kier molecular flexibility index (Phi) is 3.66. The minimum absolute atomic E-state index is 0.538. The van der Waals surface area contributed by atoms with Crippen molar-refractivity contribution < 1.29 is 4.42 Å². The van der Waals surface area contributed by atoms with Gasteiger partial charge in [0.15, 0.2) is 5.58 Å². The number of oxazole rings is 1. The number of fused-ring (bicyclic) bond motifs is 1. The fourth-order valence-corrected chi connectivity index (χ4v) is 3.12. The number of aryl methyl sites for hydroxylation is 1. The normalized spacial score (nSPS) is 15.1. The van der Waals surface area contributed by atoms with E-state index in [4.69, 9.17) is 4.42 Å². The van der Waals surface area contributed by atoms with Crippen LogP contribution in [0.2, 0.25) is 0 Å². The Hall–Kier alpha value is -2.49. The molecule has 1 aromatic heterocycles. The van der Waals surface area contributed by atoms with Crippen molar-refractivity contribution in [2.75, 3.05) is 23.3 Å². The Morgan fingerprint density at radius 2 is 1.78 bits per heavy atom. The van der Waals surface area contributed by atoms with Crippen LogP contribution >= 0.6 is 0 Å². The molecule has 0 bridgehead atoms. The Bertz CT molecular complexity index is 801. The lowest BCUT2D eigenvalue weighted by atomic mass is 10.1. The first-order valence-corrected chi connectivity index (χ1v) is 8.27. The predicted octanol–water partition coefficient (Wildman–Crippen LogP) is 4.87. The van der Waals surface area contributed by atoms with Gasteiger partial charge in [-0.15, -0.1) is 0 Å². The second kappa shape index (κ2) is 5.95. The van der Waals surface area contributed by atoms with Crippen molar-refractivity contribution in [3.63, 3.8) is 0 Å². The van der Waals surface area contributed by atoms with Gasteiger partial charge in [0.05, 0.1) is 0 Å². The van der Waals surface area contributed by atoms with Crippen LogP contribution in [-0.4, -0.2) is 18.1 Å². The molecule has 0 unspecified atom stereocenters. The van der Waals surface area contributed by atoms with Crippen LogP contribution in [-0.2, 0) is 0 Å². The zero-order valence-electron chi connectivity index (χ0n) is 13.4. The van der Waals surface area contributed by atoms with Crippen molar-refractivity contribution in [3.05, 3.63) is 48.0 Å². The molecule has 4 rings (SSSR count). The summed E-state index contributed by atoms with van der Waals surface area (Å²) in [4.78, 5) is 6.95. The summed E-state index contributed by atoms with van der Waals surface area (Å²) >= 11 is 0. The van der Waals surface area contributed by atoms with Crippen LogP contribution in [0.5, 0.6) is 0 Å². The van der Waals surface area contributed by atoms with Gasteiger partial charge in [-0.2, -0.15) is 4.98 Å². The van der Waals surface area contributed by atoms with Crippen LogP contribution in [0.1, 0.15) is 24.8 Å². The van der Waals surface area contributed by atoms with E-state index in [2.05, 4.69) is 46.4 Å². The maximum absolute atomic E-state index is 5.74. The summed E-state index contributed by atoms with van der Waals surface area (Å²) in [6.07, 6.45) is 3.94. The van der Waals surface area contributed by atoms with Crippen LogP contribution in [0.25, 0.3) is 11.1 Å². The fourth-order valence-electron chi connectivity index (χ4n) is 3.12. The molecule has 1 aliphatic heterocycles. The smallest absolute Gasteiger partial charge is 0.300 e. The SMILES string of the molecule is Cc1ccc2oc(Nc3ccc(N4CCCCC4)cc3)nc2c1. The van der Waals surface area contributed by atoms with E-state index in [9.17, 15) is 0 Å². The van der Waals surface area contributed by atoms with Crippen LogP contribution in [0, 0.1) is 6.92 Å². The van der Waals surface area contributed by atoms with Crippen LogP contribution in [0.3, 0.4) is 0 Å². The van der Waals surface area contributed by atoms with Crippen LogP contribution < -0.4 is 10.2 Å². The summed E-state index contributed by atoms with van der Waals surface area (Å²) < 4.78 is 5.74. The summed E-state index contributed by atoms with van der Waals surface area (Å²) in [5.41, 5.74) is 5.17. The van der Waals surface area contributed by atoms with Gasteiger partial charge in [0.2, 0.25) is 0 Å². The van der Waals surface area contributed by atoms with E-state index in [1.165, 1.54) is 30.5 Å². The van der Waals surface area contributed by atoms with Gasteiger partial charge >= 0.3 is 0 Å². The molecule has 0 spiro atoms. The van der Waals surface area contributed by atoms with Crippen molar-refractivity contribution >= 4 is 28.5 Å². The summed E-state index contributed by atoms with van der Waals surface area (Å²) in [7, 11) is 0. The van der Waals surface area contributed by atoms with Crippen LogP contribution in [0.4, 0.5) is 17.4 Å². The van der Waals surface area contributed by atoms with E-state index in [0.29, 0.717) is 6.01 Å². The molecule has 2 aromatic carbocycles. The van der Waals surface area contributed by atoms with Crippen molar-refractivity contribution in [1.82, 2.24) is 4.98 Å². The lowest BCUT2D eigenvalue weighted by molar-refractivity contribution is 0.578. The van der Waals surface area contributed by atoms with Gasteiger partial charge in [0, 0.05) is 24.5 Å². The topological polar surface area (TPSA) is 41.3 Å². The number of nitrogens with zero attached hydrogens (tertiary/aromatic N) is 2. The molecule has 1 saturated heterocycles. The highest BCUT2D eigenvalue weighted by Gasteiger charge is 2.11. The highest BCUT2D eigenvalue weighted by atomic mass is 16.4. The molecular formula is C19H21N3O. The standard InChI is InChI=1S/C19H21N3O/c1-14-5-10-18-17(13-14)21-19(23-18)20-15-6-8-16(9-7-15)22-11-3-2-4-12-22/h5-10,13H,2-4,11-12H2,1H3,(H,20,21). The lowest BCUT2D eigenvalue weighted by Gasteiger charge is -2.28. The minimum atomic E-state index is 0.538. The van der Waals surface area contributed by atoms with Crippen molar-refractivity contribution in [3.8, 4) is 0 Å². The maximum atomic E-state index is 5.74. The quantitative estimate of drug-likeness (QED) is 0.749. The average Bonchev–Trinajstić information content (AvgIpc) is 2.97. The molecule has 2 heterocycles. The number of rotatable bonds is 3. The summed E-state index contributed by atoms with van der Waals surface area (Å²) in [6, 6.07) is 15.1. The average molecular weight is 307 g/mol. The van der Waals surface area contributed by atoms with Gasteiger partial charge in [-0.3, -0.25) is 0 Å². The Balaban J connectivity index is 1.51. The van der Waals surface area contributed by atoms with Gasteiger partial charge in [-0.25, -0.2) is 0 Å². The molecule has 23 heavy (non-hydrogen) atoms. The van der Waals surface area contributed by atoms with E-state index < -0.39 is 0 Å². The number of piperidine rings is 1. The number of nitrogens with one attached hydrogen (secondary N) is 1.